The number of hydrogen-bond acceptors (Lipinski definition) is 13. The summed E-state index contributed by atoms with van der Waals surface area (Å²) < 4.78 is 5.39. The van der Waals surface area contributed by atoms with Crippen LogP contribution in [0.4, 0.5) is 15.3 Å². The number of ether oxygens (including phenoxy) is 1. The number of nitrogens with one attached hydrogen (secondary N) is 6. The monoisotopic (exact) mass is 1300 g/mol. The number of rotatable bonds is 35. The van der Waals surface area contributed by atoms with Crippen molar-refractivity contribution < 1.29 is 62.3 Å². The molecule has 0 saturated heterocycles. The van der Waals surface area contributed by atoms with E-state index in [-0.39, 0.29) is 67.6 Å². The van der Waals surface area contributed by atoms with Crippen molar-refractivity contribution in [2.75, 3.05) is 61.2 Å². The number of benzene rings is 1. The van der Waals surface area contributed by atoms with Crippen molar-refractivity contribution in [1.82, 2.24) is 56.0 Å². The van der Waals surface area contributed by atoms with Gasteiger partial charge in [-0.1, -0.05) is 102 Å². The summed E-state index contributed by atoms with van der Waals surface area (Å²) in [6, 6.07) is -1.98. The number of anilines is 1. The van der Waals surface area contributed by atoms with Crippen LogP contribution in [0.25, 0.3) is 0 Å². The Labute approximate surface area is 549 Å². The van der Waals surface area contributed by atoms with Gasteiger partial charge in [0.2, 0.25) is 53.2 Å². The van der Waals surface area contributed by atoms with Crippen LogP contribution in [0.1, 0.15) is 175 Å². The van der Waals surface area contributed by atoms with Crippen molar-refractivity contribution in [3.8, 4) is 0 Å². The van der Waals surface area contributed by atoms with Crippen LogP contribution in [0.5, 0.6) is 0 Å². The molecule has 0 aliphatic heterocycles. The molecule has 1 unspecified atom stereocenters. The number of likely N-dealkylation sites (N-methyl/N-ethyl adjacent to an activating group) is 6. The molecule has 25 heteroatoms. The van der Waals surface area contributed by atoms with E-state index in [2.05, 4.69) is 31.9 Å². The number of nitrogens with zero attached hydrogens (tertiary/aromatic N) is 6. The zero-order valence-electron chi connectivity index (χ0n) is 60.0. The molecule has 0 heterocycles. The minimum atomic E-state index is -1.21. The molecule has 0 aliphatic carbocycles. The lowest BCUT2D eigenvalue weighted by Crippen LogP contribution is -2.60. The number of carbonyl (C=O) groups excluding carboxylic acids is 12. The van der Waals surface area contributed by atoms with E-state index in [4.69, 9.17) is 4.74 Å². The average Bonchev–Trinajstić information content (AvgIpc) is 0.888. The van der Waals surface area contributed by atoms with Gasteiger partial charge in [0, 0.05) is 61.4 Å². The molecule has 6 N–H and O–H groups in total. The Bertz CT molecular complexity index is 2660. The highest BCUT2D eigenvalue weighted by atomic mass is 16.6. The maximum atomic E-state index is 14.6. The summed E-state index contributed by atoms with van der Waals surface area (Å²) in [5, 5.41) is 16.2. The first-order valence-corrected chi connectivity index (χ1v) is 32.6. The van der Waals surface area contributed by atoms with Gasteiger partial charge in [0.15, 0.2) is 0 Å². The smallest absolute Gasteiger partial charge is 0.412 e. The molecule has 9 atom stereocenters. The molecular formula is C67H116N12O13. The molecule has 1 rings (SSSR count). The second-order valence-electron chi connectivity index (χ2n) is 27.8. The molecule has 0 saturated carbocycles. The largest absolute Gasteiger partial charge is 0.444 e. The first-order chi connectivity index (χ1) is 42.5. The normalized spacial score (nSPS) is 14.5. The van der Waals surface area contributed by atoms with Gasteiger partial charge >= 0.3 is 12.1 Å². The zero-order valence-corrected chi connectivity index (χ0v) is 60.0. The standard InChI is InChI=1S/C67H116N12O13/c1-25-49(72-59(84)52(75(20)54(80)35-42(8)9)36-44(12)28-26-29-47-30-27-31-48(37-47)71-66(91)92-67(15,16)17)62(87)74(19)38-55(81)76(21)50(32-39(2)3)60(85)73-56(43(10)11)64(89)77(22)51(33-40(4)5)58(83)69-45(13)57(82)70-46(14)61(86)78(23)53(34-41(6)7)63(88)79(24)65(90)68-18/h27,30-31,37,39-46,49-53,56H,25-26,28-29,32-36,38H2,1-24H3,(H,68,90)(H,69,83)(H,70,82)(H,71,91)(H,72,84)(H,73,85)/t44-,45-,46+,49+,50+,51+,52?,53+,56+/m1/s1. The molecule has 25 nitrogen and oxygen atoms in total. The van der Waals surface area contributed by atoms with E-state index in [9.17, 15) is 57.5 Å². The molecule has 92 heavy (non-hydrogen) atoms. The van der Waals surface area contributed by atoms with Crippen LogP contribution in [0, 0.1) is 35.5 Å². The fraction of sp³-hybridized carbons (Fsp3) is 0.731. The van der Waals surface area contributed by atoms with E-state index in [0.717, 1.165) is 16.9 Å². The van der Waals surface area contributed by atoms with Crippen LogP contribution >= 0.6 is 0 Å². The summed E-state index contributed by atoms with van der Waals surface area (Å²) in [6.45, 7) is 29.9. The predicted octanol–water partition coefficient (Wildman–Crippen LogP) is 6.18. The second kappa shape index (κ2) is 38.6. The summed E-state index contributed by atoms with van der Waals surface area (Å²) in [4.78, 5) is 172. The van der Waals surface area contributed by atoms with Crippen LogP contribution < -0.4 is 31.9 Å². The van der Waals surface area contributed by atoms with E-state index < -0.39 is 132 Å². The van der Waals surface area contributed by atoms with Crippen molar-refractivity contribution in [3.63, 3.8) is 0 Å². The summed E-state index contributed by atoms with van der Waals surface area (Å²) in [6.07, 6.45) is 2.82. The van der Waals surface area contributed by atoms with Gasteiger partial charge < -0.3 is 55.8 Å². The molecule has 522 valence electrons. The Morgan fingerprint density at radius 1 is 0.533 bits per heavy atom. The van der Waals surface area contributed by atoms with Gasteiger partial charge in [-0.25, -0.2) is 9.59 Å². The van der Waals surface area contributed by atoms with Crippen LogP contribution in [-0.4, -0.2) is 210 Å². The number of imide groups is 1. The fourth-order valence-corrected chi connectivity index (χ4v) is 10.4. The number of amides is 13. The molecule has 0 aromatic heterocycles. The third-order valence-electron chi connectivity index (χ3n) is 15.9. The highest BCUT2D eigenvalue weighted by Gasteiger charge is 2.40. The van der Waals surface area contributed by atoms with E-state index >= 15 is 0 Å². The van der Waals surface area contributed by atoms with Crippen molar-refractivity contribution in [2.24, 2.45) is 35.5 Å². The number of aryl methyl sites for hydroxylation is 1. The van der Waals surface area contributed by atoms with Gasteiger partial charge in [-0.15, -0.1) is 0 Å². The topological polar surface area (TPSA) is 306 Å². The lowest BCUT2D eigenvalue weighted by Gasteiger charge is -2.36. The molecule has 0 spiro atoms. The maximum Gasteiger partial charge on any atom is 0.412 e. The molecule has 1 aromatic rings. The van der Waals surface area contributed by atoms with Crippen molar-refractivity contribution >= 4 is 76.9 Å². The number of urea groups is 1. The average molecular weight is 1300 g/mol. The third-order valence-corrected chi connectivity index (χ3v) is 15.9. The minimum Gasteiger partial charge on any atom is -0.444 e. The van der Waals surface area contributed by atoms with Crippen LogP contribution in [0.3, 0.4) is 0 Å². The highest BCUT2D eigenvalue weighted by Crippen LogP contribution is 2.23. The van der Waals surface area contributed by atoms with Crippen LogP contribution in [0.15, 0.2) is 24.3 Å². The van der Waals surface area contributed by atoms with E-state index in [1.54, 1.807) is 54.7 Å². The summed E-state index contributed by atoms with van der Waals surface area (Å²) in [7, 11) is 9.98. The first-order valence-electron chi connectivity index (χ1n) is 32.6. The van der Waals surface area contributed by atoms with Crippen LogP contribution in [-0.2, 0) is 59.1 Å². The van der Waals surface area contributed by atoms with Crippen molar-refractivity contribution in [3.05, 3.63) is 29.8 Å². The van der Waals surface area contributed by atoms with Gasteiger partial charge in [0.1, 0.15) is 53.9 Å². The molecule has 0 fully saturated rings. The van der Waals surface area contributed by atoms with Crippen molar-refractivity contribution in [2.45, 2.75) is 229 Å². The van der Waals surface area contributed by atoms with Gasteiger partial charge in [-0.05, 0) is 133 Å². The molecule has 0 bridgehead atoms. The summed E-state index contributed by atoms with van der Waals surface area (Å²) in [5.41, 5.74) is 0.954. The lowest BCUT2D eigenvalue weighted by molar-refractivity contribution is -0.147. The first kappa shape index (κ1) is 82.7. The Morgan fingerprint density at radius 2 is 1.02 bits per heavy atom. The summed E-state index contributed by atoms with van der Waals surface area (Å²) in [5.74, 6) is -6.62. The van der Waals surface area contributed by atoms with Crippen molar-refractivity contribution in [1.29, 1.82) is 0 Å². The van der Waals surface area contributed by atoms with Gasteiger partial charge in [-0.2, -0.15) is 0 Å². The number of hydrogen-bond donors (Lipinski definition) is 6. The highest BCUT2D eigenvalue weighted by molar-refractivity contribution is 6.00. The Hall–Kier alpha value is -7.34. The van der Waals surface area contributed by atoms with Gasteiger partial charge in [0.05, 0.1) is 6.54 Å². The Kier molecular flexibility index (Phi) is 34.7. The molecule has 1 aromatic carbocycles. The zero-order chi connectivity index (χ0) is 71.0. The SMILES string of the molecule is CC[C@H](NC(=O)C(C[C@H](C)CCCc1cccc(NC(=O)OC(C)(C)C)c1)N(C)C(=O)CC(C)C)C(=O)N(C)CC(=O)N(C)[C@@H](CC(C)C)C(=O)N[C@H](C(=O)N(C)[C@@H](CC(C)C)C(=O)N[C@H](C)C(=O)N[C@@H](C)C(=O)N(C)[C@@H](CC(C)C)C(=O)N(C)C(=O)NC)C(C)C. The summed E-state index contributed by atoms with van der Waals surface area (Å²) >= 11 is 0. The quantitative estimate of drug-likeness (QED) is 0.0443. The Morgan fingerprint density at radius 3 is 1.53 bits per heavy atom. The van der Waals surface area contributed by atoms with E-state index in [0.29, 0.717) is 24.9 Å². The molecule has 0 aliphatic rings. The fourth-order valence-electron chi connectivity index (χ4n) is 10.4. The third kappa shape index (κ3) is 27.5. The second-order valence-corrected chi connectivity index (χ2v) is 27.8. The molecule has 13 amide bonds. The van der Waals surface area contributed by atoms with E-state index in [1.165, 1.54) is 80.6 Å². The van der Waals surface area contributed by atoms with Gasteiger partial charge in [0.25, 0.3) is 5.91 Å². The Balaban J connectivity index is 3.30. The molecular weight excluding hydrogens is 1180 g/mol. The minimum absolute atomic E-state index is 0.0228. The lowest BCUT2D eigenvalue weighted by atomic mass is 9.93. The number of carbonyl (C=O) groups is 12. The van der Waals surface area contributed by atoms with Gasteiger partial charge in [-0.3, -0.25) is 58.2 Å². The van der Waals surface area contributed by atoms with Crippen LogP contribution in [0.2, 0.25) is 0 Å². The molecule has 0 radical (unpaired) electrons. The predicted molar refractivity (Wildman–Crippen MR) is 356 cm³/mol. The maximum absolute atomic E-state index is 14.6. The van der Waals surface area contributed by atoms with E-state index in [1.807, 2.05) is 80.5 Å².